The molecule has 1 aromatic carbocycles. The first-order valence-corrected chi connectivity index (χ1v) is 4.75. The number of methoxy groups -OCH3 is 2. The summed E-state index contributed by atoms with van der Waals surface area (Å²) in [6, 6.07) is 5.66. The van der Waals surface area contributed by atoms with Crippen molar-refractivity contribution in [2.45, 2.75) is 12.5 Å². The van der Waals surface area contributed by atoms with E-state index in [9.17, 15) is 0 Å². The Kier molecular flexibility index (Phi) is 2.76. The molecule has 2 rings (SSSR count). The lowest BCUT2D eigenvalue weighted by Crippen LogP contribution is -2.02. The van der Waals surface area contributed by atoms with Crippen molar-refractivity contribution in [2.75, 3.05) is 14.2 Å². The Hall–Kier alpha value is -1.71. The van der Waals surface area contributed by atoms with Gasteiger partial charge in [-0.05, 0) is 12.1 Å². The van der Waals surface area contributed by atoms with Crippen LogP contribution < -0.4 is 9.47 Å². The molecule has 0 spiro atoms. The molecule has 1 heterocycles. The van der Waals surface area contributed by atoms with E-state index in [0.29, 0.717) is 0 Å². The minimum Gasteiger partial charge on any atom is -0.496 e. The van der Waals surface area contributed by atoms with Crippen LogP contribution in [0, 0.1) is 0 Å². The average Bonchev–Trinajstić information content (AvgIpc) is 2.81. The summed E-state index contributed by atoms with van der Waals surface area (Å²) in [5.41, 5.74) is 0.917. The van der Waals surface area contributed by atoms with E-state index in [-0.39, 0.29) is 6.10 Å². The van der Waals surface area contributed by atoms with E-state index in [1.807, 2.05) is 18.2 Å². The highest BCUT2D eigenvalue weighted by Crippen LogP contribution is 2.38. The van der Waals surface area contributed by atoms with Gasteiger partial charge in [-0.2, -0.15) is 0 Å². The largest absolute Gasteiger partial charge is 0.496 e. The summed E-state index contributed by atoms with van der Waals surface area (Å²) >= 11 is 0. The zero-order valence-corrected chi connectivity index (χ0v) is 8.77. The molecule has 0 saturated heterocycles. The molecular formula is C11H13NO3. The standard InChI is InChI=1S/C11H13NO3/c1-13-8-4-3-5-9(14-2)11(8)10-6-7-12-15-10/h3-5,7,10H,6H2,1-2H3. The van der Waals surface area contributed by atoms with E-state index in [0.717, 1.165) is 23.5 Å². The fourth-order valence-electron chi connectivity index (χ4n) is 1.67. The molecule has 1 aliphatic rings. The Morgan fingerprint density at radius 3 is 2.40 bits per heavy atom. The Labute approximate surface area is 88.4 Å². The molecule has 0 aliphatic carbocycles. The summed E-state index contributed by atoms with van der Waals surface area (Å²) in [5.74, 6) is 1.54. The van der Waals surface area contributed by atoms with Crippen LogP contribution in [-0.2, 0) is 4.84 Å². The third kappa shape index (κ3) is 1.75. The summed E-state index contributed by atoms with van der Waals surface area (Å²) < 4.78 is 10.6. The van der Waals surface area contributed by atoms with Gasteiger partial charge in [-0.3, -0.25) is 0 Å². The summed E-state index contributed by atoms with van der Waals surface area (Å²) in [6.07, 6.45) is 2.39. The normalized spacial score (nSPS) is 18.7. The van der Waals surface area contributed by atoms with Gasteiger partial charge in [0, 0.05) is 12.6 Å². The maximum Gasteiger partial charge on any atom is 0.164 e. The van der Waals surface area contributed by atoms with Gasteiger partial charge in [0.1, 0.15) is 11.5 Å². The second kappa shape index (κ2) is 4.21. The van der Waals surface area contributed by atoms with Crippen LogP contribution in [0.2, 0.25) is 0 Å². The first-order valence-electron chi connectivity index (χ1n) is 4.75. The number of ether oxygens (including phenoxy) is 2. The van der Waals surface area contributed by atoms with Crippen LogP contribution in [-0.4, -0.2) is 20.4 Å². The van der Waals surface area contributed by atoms with E-state index in [1.165, 1.54) is 0 Å². The van der Waals surface area contributed by atoms with E-state index >= 15 is 0 Å². The predicted molar refractivity (Wildman–Crippen MR) is 56.5 cm³/mol. The zero-order chi connectivity index (χ0) is 10.7. The van der Waals surface area contributed by atoms with Crippen molar-refractivity contribution in [3.63, 3.8) is 0 Å². The Morgan fingerprint density at radius 2 is 1.93 bits per heavy atom. The summed E-state index contributed by atoms with van der Waals surface area (Å²) in [5, 5.41) is 3.76. The molecule has 0 amide bonds. The molecule has 1 aromatic rings. The highest BCUT2D eigenvalue weighted by atomic mass is 16.6. The first kappa shape index (κ1) is 9.83. The Morgan fingerprint density at radius 1 is 1.27 bits per heavy atom. The van der Waals surface area contributed by atoms with Crippen LogP contribution in [0.5, 0.6) is 11.5 Å². The second-order valence-electron chi connectivity index (χ2n) is 3.19. The number of oxime groups is 1. The maximum absolute atomic E-state index is 5.28. The highest BCUT2D eigenvalue weighted by Gasteiger charge is 2.24. The minimum absolute atomic E-state index is 0.101. The van der Waals surface area contributed by atoms with Crippen molar-refractivity contribution in [3.8, 4) is 11.5 Å². The summed E-state index contributed by atoms with van der Waals surface area (Å²) in [7, 11) is 3.27. The molecule has 1 atom stereocenters. The Balaban J connectivity index is 2.40. The molecule has 0 saturated carbocycles. The molecule has 4 nitrogen and oxygen atoms in total. The monoisotopic (exact) mass is 207 g/mol. The van der Waals surface area contributed by atoms with Crippen molar-refractivity contribution < 1.29 is 14.3 Å². The summed E-state index contributed by atoms with van der Waals surface area (Å²) in [4.78, 5) is 5.23. The Bertz CT molecular complexity index is 346. The second-order valence-corrected chi connectivity index (χ2v) is 3.19. The van der Waals surface area contributed by atoms with Gasteiger partial charge in [-0.25, -0.2) is 0 Å². The van der Waals surface area contributed by atoms with Gasteiger partial charge in [0.05, 0.1) is 19.8 Å². The third-order valence-corrected chi connectivity index (χ3v) is 2.37. The van der Waals surface area contributed by atoms with Crippen LogP contribution >= 0.6 is 0 Å². The average molecular weight is 207 g/mol. The van der Waals surface area contributed by atoms with Gasteiger partial charge >= 0.3 is 0 Å². The number of hydrogen-bond donors (Lipinski definition) is 0. The quantitative estimate of drug-likeness (QED) is 0.762. The molecule has 0 fully saturated rings. The number of rotatable bonds is 3. The minimum atomic E-state index is -0.101. The predicted octanol–water partition coefficient (Wildman–Crippen LogP) is 2.15. The lowest BCUT2D eigenvalue weighted by molar-refractivity contribution is 0.0816. The molecule has 0 bridgehead atoms. The molecule has 15 heavy (non-hydrogen) atoms. The molecule has 0 radical (unpaired) electrons. The number of nitrogens with zero attached hydrogens (tertiary/aromatic N) is 1. The molecule has 4 heteroatoms. The smallest absolute Gasteiger partial charge is 0.164 e. The van der Waals surface area contributed by atoms with Gasteiger partial charge in [0.25, 0.3) is 0 Å². The van der Waals surface area contributed by atoms with Crippen LogP contribution in [0.15, 0.2) is 23.4 Å². The topological polar surface area (TPSA) is 40.0 Å². The van der Waals surface area contributed by atoms with Crippen molar-refractivity contribution >= 4 is 6.21 Å². The fourth-order valence-corrected chi connectivity index (χ4v) is 1.67. The van der Waals surface area contributed by atoms with Gasteiger partial charge in [-0.1, -0.05) is 11.2 Å². The van der Waals surface area contributed by atoms with Crippen molar-refractivity contribution in [1.82, 2.24) is 0 Å². The van der Waals surface area contributed by atoms with E-state index in [2.05, 4.69) is 5.16 Å². The lowest BCUT2D eigenvalue weighted by Gasteiger charge is -2.16. The van der Waals surface area contributed by atoms with Gasteiger partial charge < -0.3 is 14.3 Å². The SMILES string of the molecule is COc1cccc(OC)c1C1CC=NO1. The number of benzene rings is 1. The van der Waals surface area contributed by atoms with Crippen molar-refractivity contribution in [3.05, 3.63) is 23.8 Å². The maximum atomic E-state index is 5.28. The van der Waals surface area contributed by atoms with Gasteiger partial charge in [0.2, 0.25) is 0 Å². The van der Waals surface area contributed by atoms with Crippen LogP contribution in [0.4, 0.5) is 0 Å². The van der Waals surface area contributed by atoms with Gasteiger partial charge in [-0.15, -0.1) is 0 Å². The third-order valence-electron chi connectivity index (χ3n) is 2.37. The highest BCUT2D eigenvalue weighted by molar-refractivity contribution is 5.61. The first-order chi connectivity index (χ1) is 7.36. The molecule has 80 valence electrons. The molecule has 0 N–H and O–H groups in total. The van der Waals surface area contributed by atoms with Crippen LogP contribution in [0.1, 0.15) is 18.1 Å². The van der Waals surface area contributed by atoms with Crippen LogP contribution in [0.25, 0.3) is 0 Å². The fraction of sp³-hybridized carbons (Fsp3) is 0.364. The van der Waals surface area contributed by atoms with E-state index in [1.54, 1.807) is 20.4 Å². The lowest BCUT2D eigenvalue weighted by atomic mass is 10.0. The zero-order valence-electron chi connectivity index (χ0n) is 8.77. The van der Waals surface area contributed by atoms with E-state index in [4.69, 9.17) is 14.3 Å². The summed E-state index contributed by atoms with van der Waals surface area (Å²) in [6.45, 7) is 0. The van der Waals surface area contributed by atoms with E-state index < -0.39 is 0 Å². The molecular weight excluding hydrogens is 194 g/mol. The van der Waals surface area contributed by atoms with Crippen LogP contribution in [0.3, 0.4) is 0 Å². The molecule has 1 aliphatic heterocycles. The number of hydrogen-bond acceptors (Lipinski definition) is 4. The molecule has 0 aromatic heterocycles. The van der Waals surface area contributed by atoms with Crippen molar-refractivity contribution in [1.29, 1.82) is 0 Å². The molecule has 1 unspecified atom stereocenters. The van der Waals surface area contributed by atoms with Gasteiger partial charge in [0.15, 0.2) is 6.10 Å². The van der Waals surface area contributed by atoms with Crippen molar-refractivity contribution in [2.24, 2.45) is 5.16 Å².